The number of nitrogens with one attached hydrogen (secondary N) is 2. The predicted molar refractivity (Wildman–Crippen MR) is 102 cm³/mol. The van der Waals surface area contributed by atoms with Gasteiger partial charge in [0.05, 0.1) is 0 Å². The molecular formula is C22H26N2. The topological polar surface area (TPSA) is 47.7 Å². The maximum absolute atomic E-state index is 7.70. The number of hydrogen-bond donors (Lipinski definition) is 2. The average molecular weight is 318 g/mol. The Hall–Kier alpha value is -2.22. The molecule has 1 saturated carbocycles. The summed E-state index contributed by atoms with van der Waals surface area (Å²) in [6.07, 6.45) is 9.00. The molecule has 2 aromatic carbocycles. The van der Waals surface area contributed by atoms with E-state index in [0.29, 0.717) is 0 Å². The second-order valence-corrected chi connectivity index (χ2v) is 7.07. The lowest BCUT2D eigenvalue weighted by molar-refractivity contribution is 0.346. The largest absolute Gasteiger partial charge is 0.308 e. The van der Waals surface area contributed by atoms with E-state index in [0.717, 1.165) is 35.1 Å². The lowest BCUT2D eigenvalue weighted by Crippen LogP contribution is -2.31. The van der Waals surface area contributed by atoms with E-state index in [4.69, 9.17) is 10.8 Å². The van der Waals surface area contributed by atoms with Crippen LogP contribution in [0.2, 0.25) is 0 Å². The van der Waals surface area contributed by atoms with E-state index in [1.165, 1.54) is 42.8 Å². The van der Waals surface area contributed by atoms with Crippen molar-refractivity contribution >= 4 is 12.4 Å². The van der Waals surface area contributed by atoms with Crippen LogP contribution in [0, 0.1) is 24.7 Å². The number of aryl methyl sites for hydroxylation is 2. The van der Waals surface area contributed by atoms with Gasteiger partial charge in [0.25, 0.3) is 0 Å². The normalized spacial score (nSPS) is 16.6. The number of hydrogen-bond acceptors (Lipinski definition) is 2. The third-order valence-electron chi connectivity index (χ3n) is 5.68. The highest BCUT2D eigenvalue weighted by molar-refractivity contribution is 5.81. The van der Waals surface area contributed by atoms with Crippen LogP contribution in [0.25, 0.3) is 0 Å². The molecule has 0 saturated heterocycles. The molecule has 0 unspecified atom stereocenters. The molecule has 0 atom stereocenters. The molecule has 0 spiro atoms. The predicted octanol–water partition coefficient (Wildman–Crippen LogP) is 5.55. The molecule has 2 N–H and O–H groups in total. The Bertz CT molecular complexity index is 708. The Balaban J connectivity index is 2.18. The smallest absolute Gasteiger partial charge is 0.0253 e. The zero-order valence-electron chi connectivity index (χ0n) is 14.7. The molecule has 0 bridgehead atoms. The van der Waals surface area contributed by atoms with Gasteiger partial charge in [0.1, 0.15) is 0 Å². The highest BCUT2D eigenvalue weighted by atomic mass is 14.4. The third-order valence-corrected chi connectivity index (χ3v) is 5.68. The van der Waals surface area contributed by atoms with Crippen LogP contribution in [-0.4, -0.2) is 12.4 Å². The second-order valence-electron chi connectivity index (χ2n) is 7.07. The first-order valence-electron chi connectivity index (χ1n) is 8.84. The van der Waals surface area contributed by atoms with Crippen molar-refractivity contribution in [2.24, 2.45) is 0 Å². The molecule has 2 nitrogen and oxygen atoms in total. The van der Waals surface area contributed by atoms with Crippen molar-refractivity contribution < 1.29 is 0 Å². The highest BCUT2D eigenvalue weighted by Crippen LogP contribution is 2.45. The van der Waals surface area contributed by atoms with Crippen LogP contribution in [0.5, 0.6) is 0 Å². The van der Waals surface area contributed by atoms with Gasteiger partial charge >= 0.3 is 0 Å². The van der Waals surface area contributed by atoms with Gasteiger partial charge in [0, 0.05) is 17.8 Å². The van der Waals surface area contributed by atoms with Crippen LogP contribution in [0.15, 0.2) is 36.4 Å². The highest BCUT2D eigenvalue weighted by Gasteiger charge is 2.36. The van der Waals surface area contributed by atoms with E-state index >= 15 is 0 Å². The summed E-state index contributed by atoms with van der Waals surface area (Å²) in [5.41, 5.74) is 7.01. The lowest BCUT2D eigenvalue weighted by Gasteiger charge is -2.39. The zero-order chi connectivity index (χ0) is 17.2. The molecule has 0 aromatic heterocycles. The number of rotatable bonds is 4. The Morgan fingerprint density at radius 2 is 1.21 bits per heavy atom. The SMILES string of the molecule is Cc1ccc(C2(c3ccc(C)c(C=N)c3)CCCCC2)cc1C=N. The second kappa shape index (κ2) is 6.72. The molecule has 0 radical (unpaired) electrons. The summed E-state index contributed by atoms with van der Waals surface area (Å²) in [4.78, 5) is 0. The maximum atomic E-state index is 7.70. The van der Waals surface area contributed by atoms with Gasteiger partial charge in [0.15, 0.2) is 0 Å². The Labute approximate surface area is 145 Å². The van der Waals surface area contributed by atoms with Gasteiger partial charge in [0.2, 0.25) is 0 Å². The molecule has 1 aliphatic carbocycles. The van der Waals surface area contributed by atoms with E-state index < -0.39 is 0 Å². The van der Waals surface area contributed by atoms with Gasteiger partial charge in [-0.25, -0.2) is 0 Å². The van der Waals surface area contributed by atoms with Crippen LogP contribution >= 0.6 is 0 Å². The molecule has 0 amide bonds. The van der Waals surface area contributed by atoms with Gasteiger partial charge < -0.3 is 10.8 Å². The first-order chi connectivity index (χ1) is 11.6. The van der Waals surface area contributed by atoms with Crippen molar-refractivity contribution in [2.45, 2.75) is 51.4 Å². The molecule has 2 heteroatoms. The first-order valence-corrected chi connectivity index (χ1v) is 8.84. The molecule has 0 heterocycles. The summed E-state index contributed by atoms with van der Waals surface area (Å²) in [6, 6.07) is 13.2. The Kier molecular flexibility index (Phi) is 4.66. The minimum absolute atomic E-state index is 0.0230. The van der Waals surface area contributed by atoms with Gasteiger partial charge in [-0.2, -0.15) is 0 Å². The summed E-state index contributed by atoms with van der Waals surface area (Å²) >= 11 is 0. The van der Waals surface area contributed by atoms with E-state index in [1.54, 1.807) is 0 Å². The van der Waals surface area contributed by atoms with Crippen LogP contribution in [0.1, 0.15) is 65.5 Å². The van der Waals surface area contributed by atoms with Crippen molar-refractivity contribution in [3.05, 3.63) is 69.8 Å². The summed E-state index contributed by atoms with van der Waals surface area (Å²) in [6.45, 7) is 4.13. The van der Waals surface area contributed by atoms with Crippen LogP contribution in [0.4, 0.5) is 0 Å². The first kappa shape index (κ1) is 16.6. The van der Waals surface area contributed by atoms with Crippen molar-refractivity contribution in [3.8, 4) is 0 Å². The average Bonchev–Trinajstić information content (AvgIpc) is 2.63. The van der Waals surface area contributed by atoms with E-state index in [1.807, 2.05) is 0 Å². The summed E-state index contributed by atoms with van der Waals surface area (Å²) < 4.78 is 0. The third kappa shape index (κ3) is 2.82. The standard InChI is InChI=1S/C22H26N2/c1-16-6-8-20(12-18(16)14-23)22(10-4-3-5-11-22)21-9-7-17(2)19(13-21)15-24/h6-9,12-15,23-24H,3-5,10-11H2,1-2H3. The van der Waals surface area contributed by atoms with Gasteiger partial charge in [-0.05, 0) is 72.2 Å². The van der Waals surface area contributed by atoms with E-state index in [-0.39, 0.29) is 5.41 Å². The lowest BCUT2D eigenvalue weighted by atomic mass is 9.64. The molecule has 1 aliphatic rings. The fourth-order valence-corrected chi connectivity index (χ4v) is 4.09. The van der Waals surface area contributed by atoms with E-state index in [9.17, 15) is 0 Å². The molecule has 3 rings (SSSR count). The Morgan fingerprint density at radius 3 is 1.62 bits per heavy atom. The quantitative estimate of drug-likeness (QED) is 0.694. The molecule has 1 fully saturated rings. The van der Waals surface area contributed by atoms with E-state index in [2.05, 4.69) is 50.2 Å². The fourth-order valence-electron chi connectivity index (χ4n) is 4.09. The van der Waals surface area contributed by atoms with Gasteiger partial charge in [-0.1, -0.05) is 43.5 Å². The van der Waals surface area contributed by atoms with Gasteiger partial charge in [-0.3, -0.25) is 0 Å². The fraction of sp³-hybridized carbons (Fsp3) is 0.364. The molecule has 2 aromatic rings. The van der Waals surface area contributed by atoms with Gasteiger partial charge in [-0.15, -0.1) is 0 Å². The zero-order valence-corrected chi connectivity index (χ0v) is 14.7. The minimum Gasteiger partial charge on any atom is -0.308 e. The number of benzene rings is 2. The van der Waals surface area contributed by atoms with Crippen LogP contribution in [-0.2, 0) is 5.41 Å². The molecular weight excluding hydrogens is 292 g/mol. The maximum Gasteiger partial charge on any atom is 0.0253 e. The van der Waals surface area contributed by atoms with Crippen molar-refractivity contribution in [1.82, 2.24) is 0 Å². The van der Waals surface area contributed by atoms with Crippen molar-refractivity contribution in [1.29, 1.82) is 10.8 Å². The summed E-state index contributed by atoms with van der Waals surface area (Å²) in [5.74, 6) is 0. The van der Waals surface area contributed by atoms with Crippen LogP contribution < -0.4 is 0 Å². The molecule has 24 heavy (non-hydrogen) atoms. The van der Waals surface area contributed by atoms with Crippen molar-refractivity contribution in [2.75, 3.05) is 0 Å². The molecule has 124 valence electrons. The summed E-state index contributed by atoms with van der Waals surface area (Å²) in [5, 5.41) is 15.4. The Morgan fingerprint density at radius 1 is 0.750 bits per heavy atom. The molecule has 0 aliphatic heterocycles. The summed E-state index contributed by atoms with van der Waals surface area (Å²) in [7, 11) is 0. The monoisotopic (exact) mass is 318 g/mol. The minimum atomic E-state index is 0.0230. The van der Waals surface area contributed by atoms with Crippen molar-refractivity contribution in [3.63, 3.8) is 0 Å². The van der Waals surface area contributed by atoms with Crippen LogP contribution in [0.3, 0.4) is 0 Å².